The van der Waals surface area contributed by atoms with Crippen molar-refractivity contribution in [1.29, 1.82) is 0 Å². The average Bonchev–Trinajstić information content (AvgIpc) is 2.74. The number of hydrogen-bond acceptors (Lipinski definition) is 6. The number of carbonyl (C=O) groups excluding carboxylic acids is 1. The predicted molar refractivity (Wildman–Crippen MR) is 109 cm³/mol. The van der Waals surface area contributed by atoms with Crippen molar-refractivity contribution in [3.8, 4) is 0 Å². The highest BCUT2D eigenvalue weighted by Crippen LogP contribution is 2.23. The Balaban J connectivity index is 1.46. The third kappa shape index (κ3) is 4.28. The zero-order valence-electron chi connectivity index (χ0n) is 16.3. The summed E-state index contributed by atoms with van der Waals surface area (Å²) in [6, 6.07) is 6.24. The summed E-state index contributed by atoms with van der Waals surface area (Å²) in [6.45, 7) is 7.00. The van der Waals surface area contributed by atoms with Gasteiger partial charge in [-0.3, -0.25) is 4.79 Å². The molecule has 1 aromatic heterocycles. The molecule has 2 aromatic rings. The summed E-state index contributed by atoms with van der Waals surface area (Å²) in [5.41, 5.74) is 0.836. The van der Waals surface area contributed by atoms with Gasteiger partial charge in [0.15, 0.2) is 0 Å². The SMILES string of the molecule is Cc1cc(N2CCN(C(=O)c3c(F)cccc3Cl)CC2)nc(N2CCOCC2)n1. The molecule has 2 aliphatic heterocycles. The quantitative estimate of drug-likeness (QED) is 0.761. The summed E-state index contributed by atoms with van der Waals surface area (Å²) in [4.78, 5) is 27.9. The van der Waals surface area contributed by atoms with Crippen LogP contribution in [0.25, 0.3) is 0 Å². The van der Waals surface area contributed by atoms with E-state index < -0.39 is 5.82 Å². The van der Waals surface area contributed by atoms with Crippen LogP contribution in [-0.4, -0.2) is 73.3 Å². The van der Waals surface area contributed by atoms with Crippen LogP contribution >= 0.6 is 11.6 Å². The van der Waals surface area contributed by atoms with E-state index in [-0.39, 0.29) is 16.5 Å². The van der Waals surface area contributed by atoms with Crippen molar-refractivity contribution < 1.29 is 13.9 Å². The first-order valence-corrected chi connectivity index (χ1v) is 10.1. The van der Waals surface area contributed by atoms with Gasteiger partial charge in [-0.2, -0.15) is 4.98 Å². The van der Waals surface area contributed by atoms with Gasteiger partial charge in [-0.15, -0.1) is 0 Å². The van der Waals surface area contributed by atoms with E-state index in [4.69, 9.17) is 21.3 Å². The molecule has 2 aliphatic rings. The number of aromatic nitrogens is 2. The van der Waals surface area contributed by atoms with E-state index in [1.807, 2.05) is 13.0 Å². The fraction of sp³-hybridized carbons (Fsp3) is 0.450. The van der Waals surface area contributed by atoms with Crippen LogP contribution in [0, 0.1) is 12.7 Å². The molecule has 1 aromatic carbocycles. The monoisotopic (exact) mass is 419 g/mol. The van der Waals surface area contributed by atoms with Gasteiger partial charge in [0.1, 0.15) is 11.6 Å². The summed E-state index contributed by atoms with van der Waals surface area (Å²) in [7, 11) is 0. The molecular weight excluding hydrogens is 397 g/mol. The maximum atomic E-state index is 14.1. The largest absolute Gasteiger partial charge is 0.378 e. The fourth-order valence-corrected chi connectivity index (χ4v) is 3.85. The van der Waals surface area contributed by atoms with Gasteiger partial charge in [-0.25, -0.2) is 9.37 Å². The lowest BCUT2D eigenvalue weighted by atomic mass is 10.1. The number of rotatable bonds is 3. The van der Waals surface area contributed by atoms with E-state index in [0.717, 1.165) is 24.6 Å². The number of carbonyl (C=O) groups is 1. The van der Waals surface area contributed by atoms with Gasteiger partial charge < -0.3 is 19.4 Å². The van der Waals surface area contributed by atoms with Crippen LogP contribution in [0.5, 0.6) is 0 Å². The minimum atomic E-state index is -0.591. The summed E-state index contributed by atoms with van der Waals surface area (Å²) in [5, 5.41) is 0.138. The number of ether oxygens (including phenoxy) is 1. The molecule has 154 valence electrons. The Morgan fingerprint density at radius 1 is 1.07 bits per heavy atom. The number of piperazine rings is 1. The van der Waals surface area contributed by atoms with Crippen LogP contribution in [0.15, 0.2) is 24.3 Å². The van der Waals surface area contributed by atoms with Gasteiger partial charge >= 0.3 is 0 Å². The molecule has 0 bridgehead atoms. The first kappa shape index (κ1) is 19.8. The molecule has 0 spiro atoms. The summed E-state index contributed by atoms with van der Waals surface area (Å²) in [5.74, 6) is 0.585. The first-order chi connectivity index (χ1) is 14.0. The van der Waals surface area contributed by atoms with Crippen LogP contribution in [0.2, 0.25) is 5.02 Å². The Labute approximate surface area is 174 Å². The lowest BCUT2D eigenvalue weighted by molar-refractivity contribution is 0.0742. The normalized spacial score (nSPS) is 17.6. The maximum Gasteiger partial charge on any atom is 0.258 e. The zero-order valence-corrected chi connectivity index (χ0v) is 17.0. The zero-order chi connectivity index (χ0) is 20.4. The Hall–Kier alpha value is -2.45. The molecule has 0 N–H and O–H groups in total. The van der Waals surface area contributed by atoms with Crippen LogP contribution in [0.3, 0.4) is 0 Å². The van der Waals surface area contributed by atoms with E-state index in [1.54, 1.807) is 4.90 Å². The van der Waals surface area contributed by atoms with E-state index in [9.17, 15) is 9.18 Å². The van der Waals surface area contributed by atoms with Crippen molar-refractivity contribution in [1.82, 2.24) is 14.9 Å². The van der Waals surface area contributed by atoms with Gasteiger partial charge in [-0.05, 0) is 19.1 Å². The number of hydrogen-bond donors (Lipinski definition) is 0. The second kappa shape index (κ2) is 8.51. The lowest BCUT2D eigenvalue weighted by Crippen LogP contribution is -2.49. The van der Waals surface area contributed by atoms with Gasteiger partial charge in [0.05, 0.1) is 23.8 Å². The summed E-state index contributed by atoms with van der Waals surface area (Å²) in [6.07, 6.45) is 0. The minimum Gasteiger partial charge on any atom is -0.378 e. The van der Waals surface area contributed by atoms with E-state index in [2.05, 4.69) is 14.8 Å². The third-order valence-electron chi connectivity index (χ3n) is 5.19. The Kier molecular flexibility index (Phi) is 5.82. The highest BCUT2D eigenvalue weighted by atomic mass is 35.5. The van der Waals surface area contributed by atoms with Crippen molar-refractivity contribution >= 4 is 29.3 Å². The van der Waals surface area contributed by atoms with Crippen molar-refractivity contribution in [2.24, 2.45) is 0 Å². The van der Waals surface area contributed by atoms with Crippen LogP contribution in [0.1, 0.15) is 16.1 Å². The molecule has 9 heteroatoms. The Morgan fingerprint density at radius 2 is 1.79 bits per heavy atom. The van der Waals surface area contributed by atoms with E-state index in [1.165, 1.54) is 18.2 Å². The van der Waals surface area contributed by atoms with Gasteiger partial charge in [0, 0.05) is 51.0 Å². The van der Waals surface area contributed by atoms with Gasteiger partial charge in [0.25, 0.3) is 5.91 Å². The second-order valence-electron chi connectivity index (χ2n) is 7.14. The Bertz CT molecular complexity index is 878. The predicted octanol–water partition coefficient (Wildman–Crippen LogP) is 2.38. The van der Waals surface area contributed by atoms with Crippen LogP contribution < -0.4 is 9.80 Å². The third-order valence-corrected chi connectivity index (χ3v) is 5.51. The Morgan fingerprint density at radius 3 is 2.48 bits per heavy atom. The molecule has 0 unspecified atom stereocenters. The number of aryl methyl sites for hydroxylation is 1. The minimum absolute atomic E-state index is 0.0601. The van der Waals surface area contributed by atoms with Crippen molar-refractivity contribution in [2.75, 3.05) is 62.3 Å². The van der Waals surface area contributed by atoms with Gasteiger partial charge in [0.2, 0.25) is 5.95 Å². The lowest BCUT2D eigenvalue weighted by Gasteiger charge is -2.36. The highest BCUT2D eigenvalue weighted by molar-refractivity contribution is 6.33. The topological polar surface area (TPSA) is 61.8 Å². The number of amides is 1. The molecule has 0 atom stereocenters. The first-order valence-electron chi connectivity index (χ1n) is 9.69. The van der Waals surface area contributed by atoms with E-state index >= 15 is 0 Å². The fourth-order valence-electron chi connectivity index (χ4n) is 3.60. The van der Waals surface area contributed by atoms with Gasteiger partial charge in [-0.1, -0.05) is 17.7 Å². The highest BCUT2D eigenvalue weighted by Gasteiger charge is 2.27. The number of nitrogens with zero attached hydrogens (tertiary/aromatic N) is 5. The number of benzene rings is 1. The molecule has 2 fully saturated rings. The molecule has 1 amide bonds. The molecule has 4 rings (SSSR count). The van der Waals surface area contributed by atoms with Crippen LogP contribution in [0.4, 0.5) is 16.2 Å². The summed E-state index contributed by atoms with van der Waals surface area (Å²) >= 11 is 6.05. The number of anilines is 2. The standard InChI is InChI=1S/C20H23ClFN5O2/c1-14-13-17(24-20(23-14)27-9-11-29-12-10-27)25-5-7-26(8-6-25)19(28)18-15(21)3-2-4-16(18)22/h2-4,13H,5-12H2,1H3. The van der Waals surface area contributed by atoms with Crippen LogP contribution in [-0.2, 0) is 4.74 Å². The van der Waals surface area contributed by atoms with Crippen molar-refractivity contribution in [3.05, 3.63) is 46.4 Å². The molecule has 2 saturated heterocycles. The molecule has 29 heavy (non-hydrogen) atoms. The number of halogens is 2. The molecule has 7 nitrogen and oxygen atoms in total. The molecular formula is C20H23ClFN5O2. The average molecular weight is 420 g/mol. The maximum absolute atomic E-state index is 14.1. The van der Waals surface area contributed by atoms with Crippen molar-refractivity contribution in [2.45, 2.75) is 6.92 Å². The second-order valence-corrected chi connectivity index (χ2v) is 7.55. The molecule has 3 heterocycles. The molecule has 0 radical (unpaired) electrons. The smallest absolute Gasteiger partial charge is 0.258 e. The molecule has 0 aliphatic carbocycles. The summed E-state index contributed by atoms with van der Waals surface area (Å²) < 4.78 is 19.5. The number of morpholine rings is 1. The molecule has 0 saturated carbocycles. The van der Waals surface area contributed by atoms with Crippen molar-refractivity contribution in [3.63, 3.8) is 0 Å². The van der Waals surface area contributed by atoms with E-state index in [0.29, 0.717) is 45.3 Å².